The second-order valence-electron chi connectivity index (χ2n) is 4.92. The van der Waals surface area contributed by atoms with Gasteiger partial charge in [0, 0.05) is 6.92 Å². The Kier molecular flexibility index (Phi) is 8.00. The third-order valence-corrected chi connectivity index (χ3v) is 2.77. The average molecular weight is 410 g/mol. The molecule has 0 radical (unpaired) electrons. The van der Waals surface area contributed by atoms with Crippen LogP contribution in [0.5, 0.6) is 0 Å². The summed E-state index contributed by atoms with van der Waals surface area (Å²) in [6, 6.07) is 0. The molecule has 1 saturated heterocycles. The third-order valence-electron chi connectivity index (χ3n) is 2.77. The Morgan fingerprint density at radius 1 is 0.786 bits per heavy atom. The molecular formula is C18H10F8O2. The van der Waals surface area contributed by atoms with Crippen LogP contribution in [-0.2, 0) is 9.47 Å². The minimum absolute atomic E-state index is 0.0365. The van der Waals surface area contributed by atoms with Crippen LogP contribution in [0, 0.1) is 59.7 Å². The average Bonchev–Trinajstić information content (AvgIpc) is 2.73. The van der Waals surface area contributed by atoms with E-state index in [2.05, 4.69) is 62.8 Å². The van der Waals surface area contributed by atoms with E-state index in [0.29, 0.717) is 0 Å². The minimum atomic E-state index is -6.22. The van der Waals surface area contributed by atoms with Crippen molar-refractivity contribution in [3.63, 3.8) is 0 Å². The van der Waals surface area contributed by atoms with Crippen LogP contribution in [0.4, 0.5) is 35.1 Å². The molecule has 1 rings (SSSR count). The van der Waals surface area contributed by atoms with Gasteiger partial charge in [-0.2, -0.15) is 26.3 Å². The van der Waals surface area contributed by atoms with Crippen molar-refractivity contribution in [2.24, 2.45) is 0 Å². The van der Waals surface area contributed by atoms with E-state index < -0.39 is 29.8 Å². The zero-order valence-electron chi connectivity index (χ0n) is 14.4. The van der Waals surface area contributed by atoms with Gasteiger partial charge in [-0.1, -0.05) is 5.92 Å². The van der Waals surface area contributed by atoms with Crippen molar-refractivity contribution in [1.29, 1.82) is 0 Å². The van der Waals surface area contributed by atoms with Gasteiger partial charge in [-0.25, -0.2) is 8.78 Å². The van der Waals surface area contributed by atoms with Gasteiger partial charge in [-0.15, -0.1) is 6.42 Å². The van der Waals surface area contributed by atoms with Crippen LogP contribution in [0.25, 0.3) is 0 Å². The summed E-state index contributed by atoms with van der Waals surface area (Å²) in [5.41, 5.74) is 0. The van der Waals surface area contributed by atoms with Gasteiger partial charge in [0.25, 0.3) is 5.92 Å². The van der Waals surface area contributed by atoms with Gasteiger partial charge < -0.3 is 0 Å². The number of halogens is 8. The largest absolute Gasteiger partial charge is 0.458 e. The molecule has 2 unspecified atom stereocenters. The zero-order valence-corrected chi connectivity index (χ0v) is 14.4. The molecule has 0 aromatic carbocycles. The molecule has 1 fully saturated rings. The lowest BCUT2D eigenvalue weighted by Crippen LogP contribution is -2.53. The molecule has 28 heavy (non-hydrogen) atoms. The van der Waals surface area contributed by atoms with E-state index in [1.807, 2.05) is 0 Å². The van der Waals surface area contributed by atoms with Gasteiger partial charge in [0.2, 0.25) is 5.79 Å². The SMILES string of the molecule is C#CC#CC#CC#CC#CC.CC(F)(F)C1(C)OC(F)(F)C(F)(C(F)(F)F)O1. The highest BCUT2D eigenvalue weighted by Crippen LogP contribution is 2.58. The van der Waals surface area contributed by atoms with Crippen molar-refractivity contribution in [2.45, 2.75) is 50.6 Å². The Morgan fingerprint density at radius 2 is 1.21 bits per heavy atom. The summed E-state index contributed by atoms with van der Waals surface area (Å²) in [5, 5.41) is 0. The van der Waals surface area contributed by atoms with Crippen LogP contribution in [0.2, 0.25) is 0 Å². The van der Waals surface area contributed by atoms with Crippen molar-refractivity contribution in [2.75, 3.05) is 0 Å². The lowest BCUT2D eigenvalue weighted by Gasteiger charge is -2.29. The Morgan fingerprint density at radius 3 is 1.50 bits per heavy atom. The van der Waals surface area contributed by atoms with Crippen molar-refractivity contribution >= 4 is 0 Å². The van der Waals surface area contributed by atoms with Gasteiger partial charge >= 0.3 is 18.1 Å². The van der Waals surface area contributed by atoms with E-state index in [1.54, 1.807) is 6.92 Å². The van der Waals surface area contributed by atoms with Crippen LogP contribution in [0.15, 0.2) is 0 Å². The molecule has 0 aromatic heterocycles. The van der Waals surface area contributed by atoms with Crippen molar-refractivity contribution in [3.8, 4) is 59.7 Å². The Hall–Kier alpha value is -2.84. The minimum Gasteiger partial charge on any atom is -0.293 e. The van der Waals surface area contributed by atoms with Crippen LogP contribution in [0.3, 0.4) is 0 Å². The smallest absolute Gasteiger partial charge is 0.293 e. The van der Waals surface area contributed by atoms with E-state index in [9.17, 15) is 35.1 Å². The van der Waals surface area contributed by atoms with Gasteiger partial charge in [-0.05, 0) is 61.2 Å². The summed E-state index contributed by atoms with van der Waals surface area (Å²) in [4.78, 5) is 0. The molecule has 0 saturated carbocycles. The van der Waals surface area contributed by atoms with Crippen LogP contribution >= 0.6 is 0 Å². The molecule has 0 spiro atoms. The first-order chi connectivity index (χ1) is 12.6. The van der Waals surface area contributed by atoms with Gasteiger partial charge in [-0.3, -0.25) is 9.47 Å². The molecule has 0 amide bonds. The number of alkyl halides is 8. The molecule has 2 nitrogen and oxygen atoms in total. The van der Waals surface area contributed by atoms with E-state index >= 15 is 0 Å². The highest BCUT2D eigenvalue weighted by molar-refractivity contribution is 5.41. The summed E-state index contributed by atoms with van der Waals surface area (Å²) >= 11 is 0. The quantitative estimate of drug-likeness (QED) is 0.483. The van der Waals surface area contributed by atoms with E-state index in [-0.39, 0.29) is 13.8 Å². The Balaban J connectivity index is 0.000000576. The molecule has 0 aliphatic carbocycles. The van der Waals surface area contributed by atoms with Gasteiger partial charge in [0.1, 0.15) is 0 Å². The molecule has 0 aromatic rings. The number of rotatable bonds is 1. The summed E-state index contributed by atoms with van der Waals surface area (Å²) < 4.78 is 107. The summed E-state index contributed by atoms with van der Waals surface area (Å²) in [7, 11) is 0. The fraction of sp³-hybridized carbons (Fsp3) is 0.444. The fourth-order valence-corrected chi connectivity index (χ4v) is 1.32. The molecule has 10 heteroatoms. The highest BCUT2D eigenvalue weighted by atomic mass is 19.4. The molecular weight excluding hydrogens is 400 g/mol. The topological polar surface area (TPSA) is 18.5 Å². The van der Waals surface area contributed by atoms with Crippen LogP contribution < -0.4 is 0 Å². The molecule has 0 N–H and O–H groups in total. The maximum atomic E-state index is 13.1. The van der Waals surface area contributed by atoms with Crippen LogP contribution in [0.1, 0.15) is 20.8 Å². The van der Waals surface area contributed by atoms with Crippen LogP contribution in [-0.4, -0.2) is 29.8 Å². The monoisotopic (exact) mass is 410 g/mol. The highest BCUT2D eigenvalue weighted by Gasteiger charge is 2.84. The molecule has 1 aliphatic heterocycles. The summed E-state index contributed by atoms with van der Waals surface area (Å²) in [6.07, 6.45) is -6.95. The lowest BCUT2D eigenvalue weighted by atomic mass is 10.2. The lowest BCUT2D eigenvalue weighted by molar-refractivity contribution is -0.395. The normalized spacial score (nSPS) is 24.8. The molecule has 150 valence electrons. The summed E-state index contributed by atoms with van der Waals surface area (Å²) in [6.45, 7) is 1.76. The first-order valence-electron chi connectivity index (χ1n) is 6.87. The predicted octanol–water partition coefficient (Wildman–Crippen LogP) is 3.88. The number of hydrogen-bond acceptors (Lipinski definition) is 2. The predicted molar refractivity (Wildman–Crippen MR) is 81.6 cm³/mol. The second-order valence-corrected chi connectivity index (χ2v) is 4.92. The van der Waals surface area contributed by atoms with Crippen molar-refractivity contribution in [1.82, 2.24) is 0 Å². The zero-order chi connectivity index (χ0) is 22.3. The molecule has 1 aliphatic rings. The maximum absolute atomic E-state index is 13.1. The van der Waals surface area contributed by atoms with Crippen molar-refractivity contribution < 1.29 is 44.6 Å². The Bertz CT molecular complexity index is 863. The van der Waals surface area contributed by atoms with E-state index in [1.165, 1.54) is 0 Å². The maximum Gasteiger partial charge on any atom is 0.458 e. The van der Waals surface area contributed by atoms with E-state index in [0.717, 1.165) is 0 Å². The first kappa shape index (κ1) is 25.2. The summed E-state index contributed by atoms with van der Waals surface area (Å²) in [5.74, 6) is 8.34. The first-order valence-corrected chi connectivity index (χ1v) is 6.87. The number of terminal acetylenes is 1. The second kappa shape index (κ2) is 8.90. The van der Waals surface area contributed by atoms with Gasteiger partial charge in [0.15, 0.2) is 0 Å². The number of hydrogen-bond donors (Lipinski definition) is 0. The molecule has 0 bridgehead atoms. The number of ether oxygens (including phenoxy) is 2. The molecule has 1 heterocycles. The van der Waals surface area contributed by atoms with E-state index in [4.69, 9.17) is 6.42 Å². The van der Waals surface area contributed by atoms with Crippen molar-refractivity contribution in [3.05, 3.63) is 0 Å². The molecule has 2 atom stereocenters. The fourth-order valence-electron chi connectivity index (χ4n) is 1.32. The standard InChI is InChI=1S/C11H4.C7H6F8O2/c1-3-5-7-9-11-10-8-6-4-2;1-3(8,9)4(2)16-5(10,6(11,12)13)7(14,15)17-4/h1H,2H3;1-2H3. The third kappa shape index (κ3) is 5.83. The van der Waals surface area contributed by atoms with Gasteiger partial charge in [0.05, 0.1) is 0 Å². The Labute approximate surface area is 155 Å².